The number of hydrogen-bond acceptors (Lipinski definition) is 4. The Morgan fingerprint density at radius 2 is 2.38 bits per heavy atom. The maximum absolute atomic E-state index is 4.60. The first-order valence-corrected chi connectivity index (χ1v) is 9.57. The maximum atomic E-state index is 4.60. The molecule has 118 valence electrons. The second-order valence-electron chi connectivity index (χ2n) is 5.59. The molecule has 1 fully saturated rings. The van der Waals surface area contributed by atoms with Gasteiger partial charge in [-0.3, -0.25) is 4.99 Å². The molecule has 6 heteroatoms. The number of thiazole rings is 1. The summed E-state index contributed by atoms with van der Waals surface area (Å²) in [7, 11) is 1.87. The number of nitrogens with one attached hydrogen (secondary N) is 1. The summed E-state index contributed by atoms with van der Waals surface area (Å²) in [6.07, 6.45) is 1.01. The Hall–Kier alpha value is -0.750. The Kier molecular flexibility index (Phi) is 6.36. The van der Waals surface area contributed by atoms with E-state index in [-0.39, 0.29) is 0 Å². The van der Waals surface area contributed by atoms with Crippen molar-refractivity contribution in [1.29, 1.82) is 0 Å². The number of aryl methyl sites for hydroxylation is 1. The van der Waals surface area contributed by atoms with E-state index >= 15 is 0 Å². The van der Waals surface area contributed by atoms with Crippen molar-refractivity contribution in [3.8, 4) is 0 Å². The summed E-state index contributed by atoms with van der Waals surface area (Å²) in [5.74, 6) is 2.90. The van der Waals surface area contributed by atoms with Gasteiger partial charge < -0.3 is 10.2 Å². The van der Waals surface area contributed by atoms with Crippen LogP contribution in [-0.2, 0) is 13.0 Å². The highest BCUT2D eigenvalue weighted by molar-refractivity contribution is 8.00. The highest BCUT2D eigenvalue weighted by Crippen LogP contribution is 2.24. The number of aromatic nitrogens is 1. The minimum Gasteiger partial charge on any atom is -0.351 e. The Bertz CT molecular complexity index is 470. The number of nitrogens with zero attached hydrogens (tertiary/aromatic N) is 3. The molecule has 0 amide bonds. The van der Waals surface area contributed by atoms with E-state index < -0.39 is 0 Å². The molecule has 2 rings (SSSR count). The van der Waals surface area contributed by atoms with E-state index in [1.54, 1.807) is 11.3 Å². The third-order valence-electron chi connectivity index (χ3n) is 3.68. The molecule has 1 aliphatic rings. The molecule has 0 aromatic carbocycles. The predicted octanol–water partition coefficient (Wildman–Crippen LogP) is 2.85. The van der Waals surface area contributed by atoms with E-state index in [2.05, 4.69) is 58.1 Å². The Labute approximate surface area is 136 Å². The fourth-order valence-electron chi connectivity index (χ4n) is 2.37. The van der Waals surface area contributed by atoms with Crippen molar-refractivity contribution >= 4 is 29.1 Å². The average molecular weight is 327 g/mol. The number of hydrogen-bond donors (Lipinski definition) is 1. The summed E-state index contributed by atoms with van der Waals surface area (Å²) < 4.78 is 0. The van der Waals surface area contributed by atoms with Crippen molar-refractivity contribution in [2.45, 2.75) is 39.0 Å². The third kappa shape index (κ3) is 4.61. The van der Waals surface area contributed by atoms with Crippen LogP contribution in [0.15, 0.2) is 10.4 Å². The van der Waals surface area contributed by atoms with E-state index in [0.717, 1.165) is 37.7 Å². The van der Waals surface area contributed by atoms with Crippen LogP contribution in [0.5, 0.6) is 0 Å². The molecule has 4 nitrogen and oxygen atoms in total. The Morgan fingerprint density at radius 3 is 3.00 bits per heavy atom. The summed E-state index contributed by atoms with van der Waals surface area (Å²) in [4.78, 5) is 11.4. The maximum Gasteiger partial charge on any atom is 0.194 e. The van der Waals surface area contributed by atoms with Gasteiger partial charge in [0.2, 0.25) is 0 Å². The van der Waals surface area contributed by atoms with Crippen LogP contribution >= 0.6 is 23.1 Å². The van der Waals surface area contributed by atoms with Crippen molar-refractivity contribution in [2.24, 2.45) is 10.9 Å². The molecule has 1 N–H and O–H groups in total. The highest BCUT2D eigenvalue weighted by atomic mass is 32.2. The highest BCUT2D eigenvalue weighted by Gasteiger charge is 2.24. The van der Waals surface area contributed by atoms with Crippen molar-refractivity contribution < 1.29 is 0 Å². The number of thioether (sulfide) groups is 1. The lowest BCUT2D eigenvalue weighted by Gasteiger charge is -2.36. The smallest absolute Gasteiger partial charge is 0.194 e. The molecule has 0 saturated carbocycles. The topological polar surface area (TPSA) is 40.5 Å². The Balaban J connectivity index is 1.90. The van der Waals surface area contributed by atoms with Gasteiger partial charge in [0.15, 0.2) is 5.96 Å². The zero-order valence-electron chi connectivity index (χ0n) is 13.4. The van der Waals surface area contributed by atoms with Gasteiger partial charge in [0.25, 0.3) is 0 Å². The van der Waals surface area contributed by atoms with Gasteiger partial charge in [0, 0.05) is 36.5 Å². The van der Waals surface area contributed by atoms with Gasteiger partial charge in [-0.1, -0.05) is 20.8 Å². The molecule has 1 unspecified atom stereocenters. The molecule has 1 aliphatic heterocycles. The largest absolute Gasteiger partial charge is 0.351 e. The number of aliphatic imine (C=N–C) groups is 1. The molecule has 1 aromatic heterocycles. The van der Waals surface area contributed by atoms with Gasteiger partial charge in [-0.15, -0.1) is 11.3 Å². The minimum absolute atomic E-state index is 0.697. The molecule has 2 heterocycles. The predicted molar refractivity (Wildman–Crippen MR) is 94.3 cm³/mol. The fraction of sp³-hybridized carbons (Fsp3) is 0.733. The van der Waals surface area contributed by atoms with Crippen molar-refractivity contribution in [2.75, 3.05) is 25.9 Å². The van der Waals surface area contributed by atoms with Crippen LogP contribution < -0.4 is 5.32 Å². The molecular formula is C15H26N4S2. The molecule has 21 heavy (non-hydrogen) atoms. The SMILES string of the molecule is CCc1nc(CNC(=NC)N2CCSC(C(C)C)C2)cs1. The molecule has 0 spiro atoms. The lowest BCUT2D eigenvalue weighted by molar-refractivity contribution is 0.380. The van der Waals surface area contributed by atoms with Crippen LogP contribution in [-0.4, -0.2) is 47.0 Å². The van der Waals surface area contributed by atoms with E-state index in [1.165, 1.54) is 10.8 Å². The summed E-state index contributed by atoms with van der Waals surface area (Å²) in [5, 5.41) is 7.51. The molecule has 0 bridgehead atoms. The van der Waals surface area contributed by atoms with Gasteiger partial charge in [0.05, 0.1) is 17.2 Å². The van der Waals surface area contributed by atoms with Crippen molar-refractivity contribution in [3.05, 3.63) is 16.1 Å². The van der Waals surface area contributed by atoms with Gasteiger partial charge in [-0.2, -0.15) is 11.8 Å². The second-order valence-corrected chi connectivity index (χ2v) is 7.88. The monoisotopic (exact) mass is 326 g/mol. The second kappa shape index (κ2) is 8.03. The fourth-order valence-corrected chi connectivity index (χ4v) is 4.41. The summed E-state index contributed by atoms with van der Waals surface area (Å²) in [6, 6.07) is 0. The molecule has 1 atom stereocenters. The normalized spacial score (nSPS) is 20.1. The molecule has 1 aromatic rings. The summed E-state index contributed by atoms with van der Waals surface area (Å²) >= 11 is 3.83. The first-order chi connectivity index (χ1) is 10.1. The van der Waals surface area contributed by atoms with Gasteiger partial charge in [-0.05, 0) is 12.3 Å². The van der Waals surface area contributed by atoms with Crippen LogP contribution in [0.3, 0.4) is 0 Å². The zero-order valence-corrected chi connectivity index (χ0v) is 15.1. The molecule has 0 aliphatic carbocycles. The third-order valence-corrected chi connectivity index (χ3v) is 6.26. The lowest BCUT2D eigenvalue weighted by atomic mass is 10.1. The van der Waals surface area contributed by atoms with E-state index in [4.69, 9.17) is 0 Å². The lowest BCUT2D eigenvalue weighted by Crippen LogP contribution is -2.48. The van der Waals surface area contributed by atoms with Gasteiger partial charge in [0.1, 0.15) is 0 Å². The van der Waals surface area contributed by atoms with Crippen LogP contribution in [0.2, 0.25) is 0 Å². The molecular weight excluding hydrogens is 300 g/mol. The van der Waals surface area contributed by atoms with Crippen LogP contribution in [0, 0.1) is 5.92 Å². The molecule has 1 saturated heterocycles. The Morgan fingerprint density at radius 1 is 1.57 bits per heavy atom. The van der Waals surface area contributed by atoms with Crippen LogP contribution in [0.4, 0.5) is 0 Å². The minimum atomic E-state index is 0.697. The van der Waals surface area contributed by atoms with Crippen molar-refractivity contribution in [1.82, 2.24) is 15.2 Å². The van der Waals surface area contributed by atoms with Crippen LogP contribution in [0.25, 0.3) is 0 Å². The number of rotatable bonds is 4. The van der Waals surface area contributed by atoms with E-state index in [1.807, 2.05) is 7.05 Å². The van der Waals surface area contributed by atoms with E-state index in [0.29, 0.717) is 11.2 Å². The number of guanidine groups is 1. The quantitative estimate of drug-likeness (QED) is 0.682. The first-order valence-electron chi connectivity index (χ1n) is 7.64. The zero-order chi connectivity index (χ0) is 15.2. The van der Waals surface area contributed by atoms with E-state index in [9.17, 15) is 0 Å². The average Bonchev–Trinajstić information content (AvgIpc) is 2.96. The van der Waals surface area contributed by atoms with Crippen molar-refractivity contribution in [3.63, 3.8) is 0 Å². The summed E-state index contributed by atoms with van der Waals surface area (Å²) in [5.41, 5.74) is 1.12. The summed E-state index contributed by atoms with van der Waals surface area (Å²) in [6.45, 7) is 9.67. The van der Waals surface area contributed by atoms with Crippen LogP contribution in [0.1, 0.15) is 31.5 Å². The van der Waals surface area contributed by atoms with Gasteiger partial charge in [-0.25, -0.2) is 4.98 Å². The standard InChI is InChI=1S/C15H26N4S2/c1-5-14-18-12(10-21-14)8-17-15(16-4)19-6-7-20-13(9-19)11(2)3/h10-11,13H,5-9H2,1-4H3,(H,16,17). The van der Waals surface area contributed by atoms with Gasteiger partial charge >= 0.3 is 0 Å². The molecule has 0 radical (unpaired) electrons. The first kappa shape index (κ1) is 16.6.